The third-order valence-electron chi connectivity index (χ3n) is 4.23. The molecule has 0 saturated carbocycles. The van der Waals surface area contributed by atoms with Crippen LogP contribution in [0, 0.1) is 0 Å². The minimum Gasteiger partial charge on any atom is -0.492 e. The van der Waals surface area contributed by atoms with Crippen LogP contribution in [0.15, 0.2) is 42.2 Å². The number of hydrogen-bond donors (Lipinski definition) is 0. The highest BCUT2D eigenvalue weighted by Gasteiger charge is 2.27. The number of hydrogen-bond acceptors (Lipinski definition) is 8. The Labute approximate surface area is 160 Å². The van der Waals surface area contributed by atoms with Crippen LogP contribution in [-0.4, -0.2) is 34.6 Å². The van der Waals surface area contributed by atoms with E-state index in [9.17, 15) is 4.79 Å². The van der Waals surface area contributed by atoms with E-state index in [0.29, 0.717) is 25.4 Å². The van der Waals surface area contributed by atoms with Crippen LogP contribution in [0.1, 0.15) is 23.6 Å². The maximum atomic E-state index is 11.5. The fourth-order valence-electron chi connectivity index (χ4n) is 2.86. The average molecular weight is 383 g/mol. The molecular formula is C19H17N3O4S. The van der Waals surface area contributed by atoms with E-state index in [1.54, 1.807) is 18.6 Å². The molecule has 0 amide bonds. The van der Waals surface area contributed by atoms with E-state index in [1.807, 2.05) is 23.6 Å². The van der Waals surface area contributed by atoms with Crippen molar-refractivity contribution in [3.8, 4) is 22.2 Å². The summed E-state index contributed by atoms with van der Waals surface area (Å²) in [6.07, 6.45) is 5.28. The second kappa shape index (κ2) is 7.71. The molecule has 0 aliphatic carbocycles. The highest BCUT2D eigenvalue weighted by atomic mass is 32.1. The number of esters is 1. The number of rotatable bonds is 6. The zero-order valence-electron chi connectivity index (χ0n) is 14.6. The van der Waals surface area contributed by atoms with Gasteiger partial charge in [0.2, 0.25) is 0 Å². The van der Waals surface area contributed by atoms with Crippen LogP contribution >= 0.6 is 11.3 Å². The lowest BCUT2D eigenvalue weighted by Gasteiger charge is -2.08. The summed E-state index contributed by atoms with van der Waals surface area (Å²) in [6, 6.07) is 5.67. The molecule has 1 aliphatic heterocycles. The van der Waals surface area contributed by atoms with Gasteiger partial charge >= 0.3 is 5.97 Å². The first-order chi connectivity index (χ1) is 13.2. The second-order valence-corrected chi connectivity index (χ2v) is 6.87. The standard InChI is InChI=1S/C19H17N3O4S/c1-24-18(23)6-12-9-26-17-7-14(2-3-15(12)17)25-10-13-11-27-19(22-13)16-8-20-4-5-21-16/h2-5,7-8,11-12H,6,9-10H2,1H3. The molecule has 0 N–H and O–H groups in total. The first kappa shape index (κ1) is 17.4. The third kappa shape index (κ3) is 3.90. The summed E-state index contributed by atoms with van der Waals surface area (Å²) in [5.41, 5.74) is 2.58. The monoisotopic (exact) mass is 383 g/mol. The summed E-state index contributed by atoms with van der Waals surface area (Å²) in [5, 5.41) is 2.75. The second-order valence-electron chi connectivity index (χ2n) is 6.01. The summed E-state index contributed by atoms with van der Waals surface area (Å²) < 4.78 is 16.3. The van der Waals surface area contributed by atoms with Crippen LogP contribution in [0.25, 0.3) is 10.7 Å². The van der Waals surface area contributed by atoms with Gasteiger partial charge in [-0.3, -0.25) is 14.8 Å². The van der Waals surface area contributed by atoms with E-state index >= 15 is 0 Å². The van der Waals surface area contributed by atoms with E-state index in [1.165, 1.54) is 18.4 Å². The van der Waals surface area contributed by atoms with Gasteiger partial charge in [0.1, 0.15) is 28.8 Å². The average Bonchev–Trinajstić information content (AvgIpc) is 3.34. The lowest BCUT2D eigenvalue weighted by atomic mass is 9.98. The zero-order chi connectivity index (χ0) is 18.6. The molecule has 7 nitrogen and oxygen atoms in total. The molecule has 8 heteroatoms. The molecule has 138 valence electrons. The van der Waals surface area contributed by atoms with Gasteiger partial charge in [0.15, 0.2) is 0 Å². The van der Waals surface area contributed by atoms with Crippen LogP contribution in [0.2, 0.25) is 0 Å². The SMILES string of the molecule is COC(=O)CC1COc2cc(OCc3csc(-c4cnccn4)n3)ccc21. The van der Waals surface area contributed by atoms with Crippen LogP contribution in [0.4, 0.5) is 0 Å². The predicted octanol–water partition coefficient (Wildman–Crippen LogP) is 3.22. The van der Waals surface area contributed by atoms with Crippen LogP contribution in [0.5, 0.6) is 11.5 Å². The lowest BCUT2D eigenvalue weighted by Crippen LogP contribution is -2.09. The quantitative estimate of drug-likeness (QED) is 0.604. The fraction of sp³-hybridized carbons (Fsp3) is 0.263. The molecule has 0 fully saturated rings. The Morgan fingerprint density at radius 1 is 1.37 bits per heavy atom. The largest absolute Gasteiger partial charge is 0.492 e. The number of fused-ring (bicyclic) bond motifs is 1. The maximum Gasteiger partial charge on any atom is 0.306 e. The summed E-state index contributed by atoms with van der Waals surface area (Å²) in [5.74, 6) is 1.23. The zero-order valence-corrected chi connectivity index (χ0v) is 15.4. The van der Waals surface area contributed by atoms with E-state index in [-0.39, 0.29) is 11.9 Å². The number of aromatic nitrogens is 3. The van der Waals surface area contributed by atoms with Crippen molar-refractivity contribution < 1.29 is 19.0 Å². The Kier molecular flexibility index (Phi) is 4.97. The summed E-state index contributed by atoms with van der Waals surface area (Å²) in [4.78, 5) is 24.3. The summed E-state index contributed by atoms with van der Waals surface area (Å²) >= 11 is 1.50. The molecule has 0 radical (unpaired) electrons. The van der Waals surface area contributed by atoms with E-state index < -0.39 is 0 Å². The molecule has 1 aromatic carbocycles. The molecule has 3 heterocycles. The Balaban J connectivity index is 1.40. The fourth-order valence-corrected chi connectivity index (χ4v) is 3.62. The number of carbonyl (C=O) groups is 1. The van der Waals surface area contributed by atoms with E-state index in [4.69, 9.17) is 14.2 Å². The minimum absolute atomic E-state index is 0.0228. The van der Waals surface area contributed by atoms with E-state index in [2.05, 4.69) is 15.0 Å². The Morgan fingerprint density at radius 3 is 3.11 bits per heavy atom. The van der Waals surface area contributed by atoms with Crippen molar-refractivity contribution in [2.45, 2.75) is 18.9 Å². The normalized spacial score (nSPS) is 15.1. The van der Waals surface area contributed by atoms with Gasteiger partial charge in [-0.1, -0.05) is 6.07 Å². The first-order valence-electron chi connectivity index (χ1n) is 8.40. The van der Waals surface area contributed by atoms with Crippen LogP contribution < -0.4 is 9.47 Å². The van der Waals surface area contributed by atoms with Gasteiger partial charge in [-0.2, -0.15) is 0 Å². The predicted molar refractivity (Wildman–Crippen MR) is 98.8 cm³/mol. The molecule has 1 unspecified atom stereocenters. The molecule has 1 atom stereocenters. The van der Waals surface area contributed by atoms with Gasteiger partial charge < -0.3 is 14.2 Å². The molecule has 27 heavy (non-hydrogen) atoms. The van der Waals surface area contributed by atoms with Gasteiger partial charge in [0.05, 0.1) is 32.0 Å². The van der Waals surface area contributed by atoms with Crippen molar-refractivity contribution in [2.24, 2.45) is 0 Å². The van der Waals surface area contributed by atoms with Gasteiger partial charge in [-0.05, 0) is 6.07 Å². The number of nitrogens with zero attached hydrogens (tertiary/aromatic N) is 3. The Bertz CT molecular complexity index is 945. The number of methoxy groups -OCH3 is 1. The number of benzene rings is 1. The van der Waals surface area contributed by atoms with Gasteiger partial charge in [-0.25, -0.2) is 4.98 Å². The number of carbonyl (C=O) groups excluding carboxylic acids is 1. The molecule has 1 aliphatic rings. The van der Waals surface area contributed by atoms with E-state index in [0.717, 1.165) is 27.7 Å². The van der Waals surface area contributed by atoms with Crippen molar-refractivity contribution in [2.75, 3.05) is 13.7 Å². The molecule has 0 spiro atoms. The smallest absolute Gasteiger partial charge is 0.306 e. The van der Waals surface area contributed by atoms with Gasteiger partial charge in [0, 0.05) is 35.3 Å². The van der Waals surface area contributed by atoms with Crippen LogP contribution in [-0.2, 0) is 16.1 Å². The highest BCUT2D eigenvalue weighted by Crippen LogP contribution is 2.38. The number of thiazole rings is 1. The number of ether oxygens (including phenoxy) is 3. The molecular weight excluding hydrogens is 366 g/mol. The minimum atomic E-state index is -0.237. The molecule has 2 aromatic heterocycles. The third-order valence-corrected chi connectivity index (χ3v) is 5.14. The molecule has 3 aromatic rings. The van der Waals surface area contributed by atoms with Crippen molar-refractivity contribution in [1.82, 2.24) is 15.0 Å². The first-order valence-corrected chi connectivity index (χ1v) is 9.28. The van der Waals surface area contributed by atoms with Crippen molar-refractivity contribution in [3.05, 3.63) is 53.4 Å². The molecule has 0 saturated heterocycles. The van der Waals surface area contributed by atoms with Gasteiger partial charge in [0.25, 0.3) is 0 Å². The lowest BCUT2D eigenvalue weighted by molar-refractivity contribution is -0.141. The molecule has 4 rings (SSSR count). The maximum absolute atomic E-state index is 11.5. The van der Waals surface area contributed by atoms with Crippen molar-refractivity contribution in [3.63, 3.8) is 0 Å². The van der Waals surface area contributed by atoms with Crippen molar-refractivity contribution >= 4 is 17.3 Å². The summed E-state index contributed by atoms with van der Waals surface area (Å²) in [6.45, 7) is 0.822. The topological polar surface area (TPSA) is 83.4 Å². The van der Waals surface area contributed by atoms with Crippen LogP contribution in [0.3, 0.4) is 0 Å². The Morgan fingerprint density at radius 2 is 2.30 bits per heavy atom. The Hall–Kier alpha value is -3.00. The highest BCUT2D eigenvalue weighted by molar-refractivity contribution is 7.13. The van der Waals surface area contributed by atoms with Gasteiger partial charge in [-0.15, -0.1) is 11.3 Å². The summed E-state index contributed by atoms with van der Waals surface area (Å²) in [7, 11) is 1.39. The van der Waals surface area contributed by atoms with Crippen molar-refractivity contribution in [1.29, 1.82) is 0 Å². The molecule has 0 bridgehead atoms.